The number of nitrogens with zero attached hydrogens (tertiary/aromatic N) is 3. The van der Waals surface area contributed by atoms with E-state index in [1.165, 1.54) is 10.7 Å². The van der Waals surface area contributed by atoms with Crippen molar-refractivity contribution in [2.75, 3.05) is 6.54 Å². The van der Waals surface area contributed by atoms with Crippen LogP contribution in [0.4, 0.5) is 5.82 Å². The Hall–Kier alpha value is -3.33. The van der Waals surface area contributed by atoms with Crippen molar-refractivity contribution in [1.82, 2.24) is 15.1 Å². The summed E-state index contributed by atoms with van der Waals surface area (Å²) in [5.74, 6) is 0.671. The highest BCUT2D eigenvalue weighted by molar-refractivity contribution is 6.30. The smallest absolute Gasteiger partial charge is 0.390 e. The number of aryl methyl sites for hydroxylation is 1. The van der Waals surface area contributed by atoms with Gasteiger partial charge in [-0.1, -0.05) is 11.6 Å². The van der Waals surface area contributed by atoms with Crippen LogP contribution >= 0.6 is 11.6 Å². The summed E-state index contributed by atoms with van der Waals surface area (Å²) in [6.45, 7) is 2.43. The molecule has 0 radical (unpaired) electrons. The summed E-state index contributed by atoms with van der Waals surface area (Å²) in [4.78, 5) is 22.3. The SMILES string of the molecule is Cc1cc([N+](=O)[O-])nn1CCNC(=O)c1ccc(COc2ccc(Cl)cc2)o1. The number of hydrogen-bond acceptors (Lipinski definition) is 6. The molecule has 1 aromatic carbocycles. The maximum absolute atomic E-state index is 12.2. The third-order valence-electron chi connectivity index (χ3n) is 3.84. The lowest BCUT2D eigenvalue weighted by Crippen LogP contribution is -2.27. The minimum Gasteiger partial charge on any atom is -0.486 e. The normalized spacial score (nSPS) is 10.6. The fourth-order valence-corrected chi connectivity index (χ4v) is 2.56. The number of amides is 1. The molecule has 28 heavy (non-hydrogen) atoms. The van der Waals surface area contributed by atoms with E-state index in [0.29, 0.717) is 28.8 Å². The second-order valence-electron chi connectivity index (χ2n) is 5.89. The highest BCUT2D eigenvalue weighted by Crippen LogP contribution is 2.18. The monoisotopic (exact) mass is 404 g/mol. The number of aromatic nitrogens is 2. The molecule has 0 aliphatic carbocycles. The van der Waals surface area contributed by atoms with Crippen molar-refractivity contribution in [3.05, 3.63) is 74.8 Å². The van der Waals surface area contributed by atoms with Crippen LogP contribution in [0.25, 0.3) is 0 Å². The summed E-state index contributed by atoms with van der Waals surface area (Å²) >= 11 is 5.82. The van der Waals surface area contributed by atoms with E-state index in [0.717, 1.165) is 0 Å². The van der Waals surface area contributed by atoms with Gasteiger partial charge in [-0.25, -0.2) is 0 Å². The van der Waals surface area contributed by atoms with Gasteiger partial charge in [-0.05, 0) is 48.2 Å². The molecule has 10 heteroatoms. The van der Waals surface area contributed by atoms with E-state index in [2.05, 4.69) is 10.4 Å². The molecular weight excluding hydrogens is 388 g/mol. The Balaban J connectivity index is 1.48. The van der Waals surface area contributed by atoms with Crippen molar-refractivity contribution in [2.45, 2.75) is 20.1 Å². The Bertz CT molecular complexity index is 980. The van der Waals surface area contributed by atoms with Crippen molar-refractivity contribution < 1.29 is 18.9 Å². The first-order valence-corrected chi connectivity index (χ1v) is 8.74. The van der Waals surface area contributed by atoms with Crippen molar-refractivity contribution in [1.29, 1.82) is 0 Å². The molecule has 0 bridgehead atoms. The van der Waals surface area contributed by atoms with Gasteiger partial charge >= 0.3 is 5.82 Å². The molecule has 0 saturated carbocycles. The van der Waals surface area contributed by atoms with Gasteiger partial charge in [0.25, 0.3) is 5.91 Å². The van der Waals surface area contributed by atoms with E-state index in [1.807, 2.05) is 0 Å². The Morgan fingerprint density at radius 2 is 2.07 bits per heavy atom. The minimum absolute atomic E-state index is 0.151. The van der Waals surface area contributed by atoms with E-state index in [1.54, 1.807) is 43.3 Å². The van der Waals surface area contributed by atoms with Crippen LogP contribution in [-0.4, -0.2) is 27.2 Å². The van der Waals surface area contributed by atoms with Crippen LogP contribution in [0.1, 0.15) is 22.0 Å². The summed E-state index contributed by atoms with van der Waals surface area (Å²) in [6.07, 6.45) is 0. The molecule has 0 saturated heterocycles. The number of carbonyl (C=O) groups is 1. The van der Waals surface area contributed by atoms with Gasteiger partial charge in [-0.2, -0.15) is 4.68 Å². The Morgan fingerprint density at radius 3 is 2.75 bits per heavy atom. The molecule has 2 aromatic heterocycles. The number of nitro groups is 1. The molecule has 3 rings (SSSR count). The first-order chi connectivity index (χ1) is 13.4. The Morgan fingerprint density at radius 1 is 1.32 bits per heavy atom. The average Bonchev–Trinajstić information content (AvgIpc) is 3.28. The molecular formula is C18H17ClN4O5. The number of benzene rings is 1. The molecule has 9 nitrogen and oxygen atoms in total. The van der Waals surface area contributed by atoms with Crippen molar-refractivity contribution in [2.24, 2.45) is 0 Å². The molecule has 0 unspecified atom stereocenters. The molecule has 0 aliphatic rings. The summed E-state index contributed by atoms with van der Waals surface area (Å²) in [7, 11) is 0. The number of furan rings is 1. The van der Waals surface area contributed by atoms with Crippen molar-refractivity contribution in [3.63, 3.8) is 0 Å². The predicted molar refractivity (Wildman–Crippen MR) is 100 cm³/mol. The standard InChI is InChI=1S/C18H17ClN4O5/c1-12-10-17(23(25)26)21-22(12)9-8-20-18(24)16-7-6-15(28-16)11-27-14-4-2-13(19)3-5-14/h2-7,10H,8-9,11H2,1H3,(H,20,24). The number of ether oxygens (including phenoxy) is 1. The lowest BCUT2D eigenvalue weighted by Gasteiger charge is -2.04. The van der Waals surface area contributed by atoms with Crippen LogP contribution in [-0.2, 0) is 13.2 Å². The van der Waals surface area contributed by atoms with Gasteiger partial charge in [-0.3, -0.25) is 4.79 Å². The molecule has 146 valence electrons. The van der Waals surface area contributed by atoms with Gasteiger partial charge in [0.15, 0.2) is 5.76 Å². The zero-order valence-corrected chi connectivity index (χ0v) is 15.7. The minimum atomic E-state index is -0.557. The van der Waals surface area contributed by atoms with E-state index < -0.39 is 10.8 Å². The van der Waals surface area contributed by atoms with E-state index in [9.17, 15) is 14.9 Å². The summed E-state index contributed by atoms with van der Waals surface area (Å²) in [6, 6.07) is 11.5. The maximum Gasteiger partial charge on any atom is 0.390 e. The van der Waals surface area contributed by atoms with Gasteiger partial charge in [0, 0.05) is 11.6 Å². The number of rotatable bonds is 8. The second-order valence-corrected chi connectivity index (χ2v) is 6.33. The molecule has 2 heterocycles. The number of nitrogens with one attached hydrogen (secondary N) is 1. The quantitative estimate of drug-likeness (QED) is 0.455. The summed E-state index contributed by atoms with van der Waals surface area (Å²) < 4.78 is 12.5. The number of carbonyl (C=O) groups excluding carboxylic acids is 1. The van der Waals surface area contributed by atoms with Crippen molar-refractivity contribution >= 4 is 23.3 Å². The van der Waals surface area contributed by atoms with E-state index >= 15 is 0 Å². The van der Waals surface area contributed by atoms with Crippen LogP contribution in [0.2, 0.25) is 5.02 Å². The molecule has 1 N–H and O–H groups in total. The topological polar surface area (TPSA) is 112 Å². The van der Waals surface area contributed by atoms with E-state index in [-0.39, 0.29) is 24.7 Å². The molecule has 0 spiro atoms. The molecule has 3 aromatic rings. The highest BCUT2D eigenvalue weighted by atomic mass is 35.5. The van der Waals surface area contributed by atoms with Crippen LogP contribution in [0.15, 0.2) is 46.9 Å². The third kappa shape index (κ3) is 4.89. The summed E-state index contributed by atoms with van der Waals surface area (Å²) in [5, 5.41) is 17.9. The largest absolute Gasteiger partial charge is 0.486 e. The van der Waals surface area contributed by atoms with E-state index in [4.69, 9.17) is 20.8 Å². The molecule has 0 fully saturated rings. The molecule has 1 amide bonds. The second kappa shape index (κ2) is 8.57. The fraction of sp³-hybridized carbons (Fsp3) is 0.222. The van der Waals surface area contributed by atoms with Crippen molar-refractivity contribution in [3.8, 4) is 5.75 Å². The van der Waals surface area contributed by atoms with Crippen LogP contribution in [0.5, 0.6) is 5.75 Å². The summed E-state index contributed by atoms with van der Waals surface area (Å²) in [5.41, 5.74) is 0.639. The zero-order chi connectivity index (χ0) is 20.1. The van der Waals surface area contributed by atoms with Crippen LogP contribution < -0.4 is 10.1 Å². The third-order valence-corrected chi connectivity index (χ3v) is 4.10. The van der Waals surface area contributed by atoms with Gasteiger partial charge < -0.3 is 24.6 Å². The van der Waals surface area contributed by atoms with Crippen LogP contribution in [0.3, 0.4) is 0 Å². The highest BCUT2D eigenvalue weighted by Gasteiger charge is 2.16. The van der Waals surface area contributed by atoms with Gasteiger partial charge in [0.05, 0.1) is 23.4 Å². The zero-order valence-electron chi connectivity index (χ0n) is 14.9. The number of halogens is 1. The van der Waals surface area contributed by atoms with Gasteiger partial charge in [0.1, 0.15) is 18.1 Å². The number of hydrogen-bond donors (Lipinski definition) is 1. The molecule has 0 aliphatic heterocycles. The average molecular weight is 405 g/mol. The Kier molecular flexibility index (Phi) is 5.95. The maximum atomic E-state index is 12.2. The first-order valence-electron chi connectivity index (χ1n) is 8.36. The lowest BCUT2D eigenvalue weighted by molar-refractivity contribution is -0.389. The van der Waals surface area contributed by atoms with Crippen LogP contribution in [0, 0.1) is 17.0 Å². The fourth-order valence-electron chi connectivity index (χ4n) is 2.43. The molecule has 0 atom stereocenters. The Labute approximate surface area is 165 Å². The lowest BCUT2D eigenvalue weighted by atomic mass is 10.3. The van der Waals surface area contributed by atoms with Gasteiger partial charge in [-0.15, -0.1) is 0 Å². The van der Waals surface area contributed by atoms with Gasteiger partial charge in [0.2, 0.25) is 0 Å². The first kappa shape index (κ1) is 19.4. The predicted octanol–water partition coefficient (Wildman–Crippen LogP) is 3.36.